The Labute approximate surface area is 136 Å². The summed E-state index contributed by atoms with van der Waals surface area (Å²) < 4.78 is 1.07. The van der Waals surface area contributed by atoms with Crippen molar-refractivity contribution in [3.63, 3.8) is 0 Å². The third kappa shape index (κ3) is 4.46. The molecule has 0 atom stereocenters. The molecule has 0 unspecified atom stereocenters. The van der Waals surface area contributed by atoms with E-state index in [1.54, 1.807) is 12.1 Å². The molecule has 6 heteroatoms. The first-order valence-electron chi connectivity index (χ1n) is 5.83. The molecule has 3 N–H and O–H groups in total. The Balaban J connectivity index is 1.85. The Morgan fingerprint density at radius 1 is 1.00 bits per heavy atom. The van der Waals surface area contributed by atoms with E-state index in [-0.39, 0.29) is 11.0 Å². The molecule has 2 aromatic rings. The monoisotopic (exact) mass is 397 g/mol. The highest BCUT2D eigenvalue weighted by Gasteiger charge is 2.06. The second kappa shape index (κ2) is 7.20. The number of hydrogen-bond acceptors (Lipinski definition) is 3. The van der Waals surface area contributed by atoms with E-state index in [2.05, 4.69) is 38.8 Å². The van der Waals surface area contributed by atoms with Gasteiger partial charge in [0.05, 0.1) is 5.69 Å². The largest absolute Gasteiger partial charge is 0.299 e. The third-order valence-corrected chi connectivity index (χ3v) is 3.35. The Bertz CT molecular complexity index is 602. The van der Waals surface area contributed by atoms with E-state index in [0.29, 0.717) is 5.56 Å². The van der Waals surface area contributed by atoms with Gasteiger partial charge in [-0.2, -0.15) is 0 Å². The molecule has 2 aromatic carbocycles. The minimum atomic E-state index is -0.242. The molecule has 102 valence electrons. The summed E-state index contributed by atoms with van der Waals surface area (Å²) in [5, 5.41) is 2.82. The van der Waals surface area contributed by atoms with Crippen LogP contribution in [0.25, 0.3) is 0 Å². The number of halogens is 1. The standard InChI is InChI=1S/C14H12IN3OS/c15-11-8-6-10(7-9-11)13(19)16-14(20)18-17-12-4-2-1-3-5-12/h1-9,17H,(H2,16,18,19,20). The minimum absolute atomic E-state index is 0.220. The van der Waals surface area contributed by atoms with Crippen LogP contribution in [-0.4, -0.2) is 11.0 Å². The molecule has 2 rings (SSSR count). The average molecular weight is 397 g/mol. The van der Waals surface area contributed by atoms with Gasteiger partial charge in [-0.3, -0.25) is 21.0 Å². The maximum absolute atomic E-state index is 11.9. The fourth-order valence-corrected chi connectivity index (χ4v) is 1.96. The lowest BCUT2D eigenvalue weighted by atomic mass is 10.2. The number of rotatable bonds is 3. The maximum Gasteiger partial charge on any atom is 0.257 e. The van der Waals surface area contributed by atoms with Crippen LogP contribution in [0.1, 0.15) is 10.4 Å². The Morgan fingerprint density at radius 2 is 1.65 bits per heavy atom. The Morgan fingerprint density at radius 3 is 2.30 bits per heavy atom. The molecule has 0 heterocycles. The smallest absolute Gasteiger partial charge is 0.257 e. The predicted octanol–water partition coefficient (Wildman–Crippen LogP) is 2.92. The van der Waals surface area contributed by atoms with Crippen molar-refractivity contribution in [2.75, 3.05) is 5.43 Å². The minimum Gasteiger partial charge on any atom is -0.299 e. The van der Waals surface area contributed by atoms with Gasteiger partial charge in [0.25, 0.3) is 5.91 Å². The summed E-state index contributed by atoms with van der Waals surface area (Å²) in [7, 11) is 0. The predicted molar refractivity (Wildman–Crippen MR) is 92.4 cm³/mol. The zero-order valence-electron chi connectivity index (χ0n) is 10.4. The van der Waals surface area contributed by atoms with Gasteiger partial charge < -0.3 is 0 Å². The van der Waals surface area contributed by atoms with Crippen LogP contribution < -0.4 is 16.2 Å². The maximum atomic E-state index is 11.9. The quantitative estimate of drug-likeness (QED) is 0.424. The number of para-hydroxylation sites is 1. The topological polar surface area (TPSA) is 53.2 Å². The number of anilines is 1. The number of carbonyl (C=O) groups is 1. The van der Waals surface area contributed by atoms with Crippen molar-refractivity contribution in [3.05, 3.63) is 63.7 Å². The number of carbonyl (C=O) groups excluding carboxylic acids is 1. The first-order valence-corrected chi connectivity index (χ1v) is 7.32. The van der Waals surface area contributed by atoms with E-state index in [0.717, 1.165) is 9.26 Å². The molecule has 0 aromatic heterocycles. The number of benzene rings is 2. The van der Waals surface area contributed by atoms with E-state index in [1.165, 1.54) is 0 Å². The first-order chi connectivity index (χ1) is 9.65. The molecule has 1 amide bonds. The molecule has 0 bridgehead atoms. The van der Waals surface area contributed by atoms with Crippen LogP contribution in [0.4, 0.5) is 5.69 Å². The molecule has 4 nitrogen and oxygen atoms in total. The molecule has 0 aliphatic rings. The lowest BCUT2D eigenvalue weighted by Crippen LogP contribution is -2.41. The fourth-order valence-electron chi connectivity index (χ4n) is 1.46. The van der Waals surface area contributed by atoms with Gasteiger partial charge >= 0.3 is 0 Å². The summed E-state index contributed by atoms with van der Waals surface area (Å²) >= 11 is 7.23. The van der Waals surface area contributed by atoms with Crippen LogP contribution in [0.15, 0.2) is 54.6 Å². The zero-order chi connectivity index (χ0) is 14.4. The zero-order valence-corrected chi connectivity index (χ0v) is 13.4. The molecule has 0 saturated carbocycles. The summed E-state index contributed by atoms with van der Waals surface area (Å²) in [6.45, 7) is 0. The van der Waals surface area contributed by atoms with Gasteiger partial charge in [-0.15, -0.1) is 0 Å². The highest BCUT2D eigenvalue weighted by molar-refractivity contribution is 14.1. The van der Waals surface area contributed by atoms with Crippen molar-refractivity contribution >= 4 is 51.5 Å². The molecule has 0 radical (unpaired) electrons. The summed E-state index contributed by atoms with van der Waals surface area (Å²) in [6, 6.07) is 16.7. The van der Waals surface area contributed by atoms with Gasteiger partial charge in [-0.1, -0.05) is 18.2 Å². The highest BCUT2D eigenvalue weighted by Crippen LogP contribution is 2.06. The number of nitrogens with one attached hydrogen (secondary N) is 3. The molecule has 20 heavy (non-hydrogen) atoms. The van der Waals surface area contributed by atoms with E-state index in [1.807, 2.05) is 42.5 Å². The molecule has 0 saturated heterocycles. The van der Waals surface area contributed by atoms with Crippen LogP contribution in [0.3, 0.4) is 0 Å². The normalized spacial score (nSPS) is 9.65. The average Bonchev–Trinajstić information content (AvgIpc) is 2.47. The van der Waals surface area contributed by atoms with Crippen LogP contribution in [0, 0.1) is 3.57 Å². The number of hydrazine groups is 1. The third-order valence-electron chi connectivity index (χ3n) is 2.43. The van der Waals surface area contributed by atoms with E-state index in [9.17, 15) is 4.79 Å². The van der Waals surface area contributed by atoms with Gasteiger partial charge in [0, 0.05) is 9.13 Å². The molecule has 0 spiro atoms. The van der Waals surface area contributed by atoms with Crippen molar-refractivity contribution in [1.82, 2.24) is 10.7 Å². The summed E-state index contributed by atoms with van der Waals surface area (Å²) in [5.41, 5.74) is 7.09. The Hall–Kier alpha value is -1.67. The molecular formula is C14H12IN3OS. The van der Waals surface area contributed by atoms with E-state index < -0.39 is 0 Å². The SMILES string of the molecule is O=C(NC(=S)NNc1ccccc1)c1ccc(I)cc1. The lowest BCUT2D eigenvalue weighted by molar-refractivity contribution is 0.0977. The van der Waals surface area contributed by atoms with Crippen LogP contribution >= 0.6 is 34.8 Å². The van der Waals surface area contributed by atoms with Gasteiger partial charge in [0.1, 0.15) is 0 Å². The number of hydrogen-bond donors (Lipinski definition) is 3. The number of thiocarbonyl (C=S) groups is 1. The van der Waals surface area contributed by atoms with Crippen LogP contribution in [-0.2, 0) is 0 Å². The first kappa shape index (κ1) is 14.7. The van der Waals surface area contributed by atoms with Gasteiger partial charge in [0.2, 0.25) is 0 Å². The summed E-state index contributed by atoms with van der Waals surface area (Å²) in [4.78, 5) is 11.9. The fraction of sp³-hybridized carbons (Fsp3) is 0. The molecule has 0 aliphatic heterocycles. The van der Waals surface area contributed by atoms with E-state index >= 15 is 0 Å². The van der Waals surface area contributed by atoms with Crippen molar-refractivity contribution in [2.24, 2.45) is 0 Å². The highest BCUT2D eigenvalue weighted by atomic mass is 127. The van der Waals surface area contributed by atoms with Gasteiger partial charge in [0.15, 0.2) is 5.11 Å². The van der Waals surface area contributed by atoms with Crippen molar-refractivity contribution in [3.8, 4) is 0 Å². The lowest BCUT2D eigenvalue weighted by Gasteiger charge is -2.11. The molecule has 0 fully saturated rings. The molecule has 0 aliphatic carbocycles. The van der Waals surface area contributed by atoms with Crippen LogP contribution in [0.2, 0.25) is 0 Å². The second-order valence-corrected chi connectivity index (χ2v) is 5.56. The summed E-state index contributed by atoms with van der Waals surface area (Å²) in [5.74, 6) is -0.242. The Kier molecular flexibility index (Phi) is 5.31. The van der Waals surface area contributed by atoms with Crippen molar-refractivity contribution in [1.29, 1.82) is 0 Å². The second-order valence-electron chi connectivity index (χ2n) is 3.91. The van der Waals surface area contributed by atoms with Crippen molar-refractivity contribution < 1.29 is 4.79 Å². The summed E-state index contributed by atoms with van der Waals surface area (Å²) in [6.07, 6.45) is 0. The molecular weight excluding hydrogens is 385 g/mol. The van der Waals surface area contributed by atoms with Crippen molar-refractivity contribution in [2.45, 2.75) is 0 Å². The number of amides is 1. The van der Waals surface area contributed by atoms with Gasteiger partial charge in [-0.05, 0) is 71.2 Å². The van der Waals surface area contributed by atoms with E-state index in [4.69, 9.17) is 12.2 Å². The van der Waals surface area contributed by atoms with Crippen LogP contribution in [0.5, 0.6) is 0 Å². The van der Waals surface area contributed by atoms with Gasteiger partial charge in [-0.25, -0.2) is 0 Å².